The van der Waals surface area contributed by atoms with Gasteiger partial charge in [0.1, 0.15) is 5.82 Å². The molecule has 32 heavy (non-hydrogen) atoms. The van der Waals surface area contributed by atoms with Crippen LogP contribution in [0.5, 0.6) is 0 Å². The molecule has 6 nitrogen and oxygen atoms in total. The highest BCUT2D eigenvalue weighted by molar-refractivity contribution is 6.13. The first-order chi connectivity index (χ1) is 15.4. The van der Waals surface area contributed by atoms with E-state index in [4.69, 9.17) is 0 Å². The molecule has 1 atom stereocenters. The zero-order chi connectivity index (χ0) is 22.4. The predicted molar refractivity (Wildman–Crippen MR) is 121 cm³/mol. The summed E-state index contributed by atoms with van der Waals surface area (Å²) in [6.45, 7) is 0. The molecule has 0 saturated carbocycles. The Kier molecular flexibility index (Phi) is 4.74. The lowest BCUT2D eigenvalue weighted by Crippen LogP contribution is -2.26. The van der Waals surface area contributed by atoms with Gasteiger partial charge in [-0.05, 0) is 41.8 Å². The number of Topliss-reactive ketones (excluding diaryl/α,β-unsaturated/α-hetero) is 1. The SMILES string of the molecule is CN(C)/C=C1\C(=O)c2cnc3[nH]n(-c4ccccc4)c(=O)c3c2CC1c1ccc(F)cc1. The lowest BCUT2D eigenvalue weighted by atomic mass is 9.76. The molecule has 0 amide bonds. The molecule has 2 heterocycles. The average molecular weight is 428 g/mol. The summed E-state index contributed by atoms with van der Waals surface area (Å²) in [6.07, 6.45) is 3.77. The third kappa shape index (κ3) is 3.22. The number of rotatable bonds is 3. The van der Waals surface area contributed by atoms with Crippen LogP contribution in [0.3, 0.4) is 0 Å². The van der Waals surface area contributed by atoms with Crippen LogP contribution in [0.25, 0.3) is 16.7 Å². The fourth-order valence-corrected chi connectivity index (χ4v) is 4.35. The number of para-hydroxylation sites is 1. The van der Waals surface area contributed by atoms with Gasteiger partial charge in [0.15, 0.2) is 11.4 Å². The zero-order valence-corrected chi connectivity index (χ0v) is 17.7. The van der Waals surface area contributed by atoms with Crippen LogP contribution in [-0.4, -0.2) is 39.5 Å². The van der Waals surface area contributed by atoms with E-state index in [1.54, 1.807) is 18.3 Å². The molecule has 1 N–H and O–H groups in total. The van der Waals surface area contributed by atoms with E-state index in [2.05, 4.69) is 10.1 Å². The Hall–Kier alpha value is -4.00. The van der Waals surface area contributed by atoms with E-state index in [0.29, 0.717) is 39.8 Å². The molecular formula is C25H21FN4O2. The number of carbonyl (C=O) groups is 1. The van der Waals surface area contributed by atoms with Crippen LogP contribution in [-0.2, 0) is 6.42 Å². The van der Waals surface area contributed by atoms with Gasteiger partial charge in [-0.15, -0.1) is 0 Å². The van der Waals surface area contributed by atoms with E-state index in [-0.39, 0.29) is 23.1 Å². The van der Waals surface area contributed by atoms with Crippen LogP contribution in [0.2, 0.25) is 0 Å². The number of nitrogens with zero attached hydrogens (tertiary/aromatic N) is 3. The maximum Gasteiger partial charge on any atom is 0.281 e. The monoisotopic (exact) mass is 428 g/mol. The molecular weight excluding hydrogens is 407 g/mol. The van der Waals surface area contributed by atoms with Gasteiger partial charge >= 0.3 is 0 Å². The summed E-state index contributed by atoms with van der Waals surface area (Å²) in [5.74, 6) is -0.809. The number of aromatic nitrogens is 3. The largest absolute Gasteiger partial charge is 0.383 e. The maximum absolute atomic E-state index is 13.6. The number of halogens is 1. The van der Waals surface area contributed by atoms with Crippen molar-refractivity contribution in [1.82, 2.24) is 19.7 Å². The minimum atomic E-state index is -0.336. The molecule has 7 heteroatoms. The van der Waals surface area contributed by atoms with Crippen LogP contribution in [0.1, 0.15) is 27.4 Å². The second-order valence-electron chi connectivity index (χ2n) is 8.15. The van der Waals surface area contributed by atoms with Crippen LogP contribution in [0.4, 0.5) is 4.39 Å². The number of aromatic amines is 1. The number of allylic oxidation sites excluding steroid dienone is 1. The summed E-state index contributed by atoms with van der Waals surface area (Å²) in [5, 5.41) is 3.47. The lowest BCUT2D eigenvalue weighted by Gasteiger charge is -2.28. The molecule has 1 unspecified atom stereocenters. The van der Waals surface area contributed by atoms with Crippen LogP contribution >= 0.6 is 0 Å². The van der Waals surface area contributed by atoms with Crippen molar-refractivity contribution in [2.45, 2.75) is 12.3 Å². The van der Waals surface area contributed by atoms with Crippen molar-refractivity contribution in [2.24, 2.45) is 0 Å². The molecule has 0 spiro atoms. The molecule has 1 aliphatic rings. The van der Waals surface area contributed by atoms with E-state index in [1.807, 2.05) is 49.3 Å². The molecule has 4 aromatic rings. The Labute approximate surface area is 183 Å². The van der Waals surface area contributed by atoms with Crippen LogP contribution in [0, 0.1) is 5.82 Å². The number of fused-ring (bicyclic) bond motifs is 3. The third-order valence-electron chi connectivity index (χ3n) is 5.80. The molecule has 0 aliphatic heterocycles. The summed E-state index contributed by atoms with van der Waals surface area (Å²) in [5.41, 5.74) is 3.39. The molecule has 0 radical (unpaired) electrons. The molecule has 5 rings (SSSR count). The fraction of sp³-hybridized carbons (Fsp3) is 0.160. The Morgan fingerprint density at radius 3 is 2.50 bits per heavy atom. The number of nitrogens with one attached hydrogen (secondary N) is 1. The van der Waals surface area contributed by atoms with E-state index in [1.165, 1.54) is 23.0 Å². The van der Waals surface area contributed by atoms with Crippen molar-refractivity contribution < 1.29 is 9.18 Å². The van der Waals surface area contributed by atoms with Crippen molar-refractivity contribution in [3.63, 3.8) is 0 Å². The summed E-state index contributed by atoms with van der Waals surface area (Å²) in [7, 11) is 3.70. The van der Waals surface area contributed by atoms with Crippen molar-refractivity contribution >= 4 is 16.8 Å². The molecule has 0 saturated heterocycles. The minimum absolute atomic E-state index is 0.171. The highest BCUT2D eigenvalue weighted by Crippen LogP contribution is 2.38. The van der Waals surface area contributed by atoms with Gasteiger partial charge in [-0.3, -0.25) is 14.7 Å². The number of carbonyl (C=O) groups excluding carboxylic acids is 1. The van der Waals surface area contributed by atoms with Gasteiger partial charge in [-0.2, -0.15) is 0 Å². The number of benzene rings is 2. The van der Waals surface area contributed by atoms with Crippen molar-refractivity contribution in [3.8, 4) is 5.69 Å². The van der Waals surface area contributed by atoms with Gasteiger partial charge < -0.3 is 4.90 Å². The van der Waals surface area contributed by atoms with Gasteiger partial charge in [0.05, 0.1) is 11.1 Å². The predicted octanol–water partition coefficient (Wildman–Crippen LogP) is 3.82. The first kappa shape index (κ1) is 19.9. The average Bonchev–Trinajstić information content (AvgIpc) is 3.13. The zero-order valence-electron chi connectivity index (χ0n) is 17.7. The third-order valence-corrected chi connectivity index (χ3v) is 5.80. The Morgan fingerprint density at radius 1 is 1.09 bits per heavy atom. The summed E-state index contributed by atoms with van der Waals surface area (Å²) in [4.78, 5) is 33.1. The standard InChI is InChI=1S/C25H21FN4O2/c1-29(2)14-21-18(15-8-10-16(26)11-9-15)12-19-20(23(21)31)13-27-24-22(19)25(32)30(28-24)17-6-4-3-5-7-17/h3-11,13-14,18H,12H2,1-2H3,(H,27,28)/b21-14-. The van der Waals surface area contributed by atoms with Crippen molar-refractivity contribution in [2.75, 3.05) is 14.1 Å². The van der Waals surface area contributed by atoms with Crippen molar-refractivity contribution in [3.05, 3.63) is 105 Å². The van der Waals surface area contributed by atoms with Gasteiger partial charge in [-0.1, -0.05) is 30.3 Å². The second kappa shape index (κ2) is 7.60. The van der Waals surface area contributed by atoms with Crippen molar-refractivity contribution in [1.29, 1.82) is 0 Å². The normalized spacial score (nSPS) is 17.0. The summed E-state index contributed by atoms with van der Waals surface area (Å²) >= 11 is 0. The highest BCUT2D eigenvalue weighted by Gasteiger charge is 2.34. The number of hydrogen-bond acceptors (Lipinski definition) is 4. The molecule has 1 aliphatic carbocycles. The number of pyridine rings is 1. The summed E-state index contributed by atoms with van der Waals surface area (Å²) in [6, 6.07) is 15.4. The Morgan fingerprint density at radius 2 is 1.81 bits per heavy atom. The van der Waals surface area contributed by atoms with E-state index in [9.17, 15) is 14.0 Å². The first-order valence-corrected chi connectivity index (χ1v) is 10.3. The van der Waals surface area contributed by atoms with E-state index < -0.39 is 0 Å². The second-order valence-corrected chi connectivity index (χ2v) is 8.15. The molecule has 2 aromatic heterocycles. The van der Waals surface area contributed by atoms with Gasteiger partial charge in [0.2, 0.25) is 0 Å². The highest BCUT2D eigenvalue weighted by atomic mass is 19.1. The molecule has 160 valence electrons. The smallest absolute Gasteiger partial charge is 0.281 e. The Bertz CT molecular complexity index is 1420. The number of ketones is 1. The molecule has 0 bridgehead atoms. The van der Waals surface area contributed by atoms with Crippen LogP contribution in [0.15, 0.2) is 77.4 Å². The first-order valence-electron chi connectivity index (χ1n) is 10.3. The minimum Gasteiger partial charge on any atom is -0.383 e. The van der Waals surface area contributed by atoms with Gasteiger partial charge in [0.25, 0.3) is 5.56 Å². The van der Waals surface area contributed by atoms with Gasteiger partial charge in [-0.25, -0.2) is 14.1 Å². The van der Waals surface area contributed by atoms with E-state index in [0.717, 1.165) is 5.56 Å². The Balaban J connectivity index is 1.73. The maximum atomic E-state index is 13.6. The van der Waals surface area contributed by atoms with E-state index >= 15 is 0 Å². The quantitative estimate of drug-likeness (QED) is 0.504. The lowest BCUT2D eigenvalue weighted by molar-refractivity contribution is 0.101. The topological polar surface area (TPSA) is 71.0 Å². The number of H-pyrrole nitrogens is 1. The molecule has 2 aromatic carbocycles. The summed E-state index contributed by atoms with van der Waals surface area (Å²) < 4.78 is 15.0. The fourth-order valence-electron chi connectivity index (χ4n) is 4.35. The number of hydrogen-bond donors (Lipinski definition) is 1. The molecule has 0 fully saturated rings. The van der Waals surface area contributed by atoms with Crippen LogP contribution < -0.4 is 5.56 Å². The van der Waals surface area contributed by atoms with Gasteiger partial charge in [0, 0.05) is 43.5 Å².